The second-order valence-corrected chi connectivity index (χ2v) is 15.1. The fourth-order valence-corrected chi connectivity index (χ4v) is 8.00. The third-order valence-corrected chi connectivity index (χ3v) is 10.9. The fourth-order valence-electron chi connectivity index (χ4n) is 8.00. The molecular weight excluding hydrogens is 625 g/mol. The first-order chi connectivity index (χ1) is 25.1. The van der Waals surface area contributed by atoms with E-state index in [1.165, 1.54) is 78.0 Å². The highest BCUT2D eigenvalue weighted by Gasteiger charge is 2.44. The van der Waals surface area contributed by atoms with E-state index in [1.807, 2.05) is 6.08 Å². The molecule has 0 aromatic heterocycles. The van der Waals surface area contributed by atoms with Crippen molar-refractivity contribution in [3.63, 3.8) is 0 Å². The van der Waals surface area contributed by atoms with E-state index >= 15 is 0 Å². The maximum absolute atomic E-state index is 5.22. The minimum Gasteiger partial charge on any atom is -0.115 e. The van der Waals surface area contributed by atoms with Gasteiger partial charge in [-0.2, -0.15) is 0 Å². The molecule has 0 fully saturated rings. The topological polar surface area (TPSA) is 0 Å². The van der Waals surface area contributed by atoms with E-state index in [4.69, 9.17) is 6.42 Å². The normalized spacial score (nSPS) is 16.6. The lowest BCUT2D eigenvalue weighted by Gasteiger charge is -2.30. The van der Waals surface area contributed by atoms with Crippen LogP contribution >= 0.6 is 0 Å². The van der Waals surface area contributed by atoms with E-state index in [0.29, 0.717) is 11.8 Å². The third-order valence-electron chi connectivity index (χ3n) is 10.9. The van der Waals surface area contributed by atoms with Gasteiger partial charge in [0, 0.05) is 5.92 Å². The molecule has 8 rings (SSSR count). The predicted molar refractivity (Wildman–Crippen MR) is 228 cm³/mol. The van der Waals surface area contributed by atoms with E-state index in [9.17, 15) is 0 Å². The van der Waals surface area contributed by atoms with Crippen LogP contribution in [0.3, 0.4) is 0 Å². The summed E-state index contributed by atoms with van der Waals surface area (Å²) >= 11 is 0. The van der Waals surface area contributed by atoms with Gasteiger partial charge in [-0.05, 0) is 118 Å². The lowest BCUT2D eigenvalue weighted by Crippen LogP contribution is -2.25. The summed E-state index contributed by atoms with van der Waals surface area (Å²) in [6.45, 7) is 15.6. The van der Waals surface area contributed by atoms with Crippen LogP contribution < -0.4 is 0 Å². The van der Waals surface area contributed by atoms with Gasteiger partial charge in [0.1, 0.15) is 0 Å². The van der Waals surface area contributed by atoms with Gasteiger partial charge in [-0.1, -0.05) is 183 Å². The molecule has 0 amide bonds. The van der Waals surface area contributed by atoms with E-state index in [1.54, 1.807) is 11.6 Å². The van der Waals surface area contributed by atoms with Crippen LogP contribution in [0.1, 0.15) is 79.0 Å². The Morgan fingerprint density at radius 1 is 0.712 bits per heavy atom. The maximum Gasteiger partial charge on any atom is 0.00955 e. The van der Waals surface area contributed by atoms with Gasteiger partial charge >= 0.3 is 0 Å². The monoisotopic (exact) mass is 676 g/mol. The number of hydrogen-bond acceptors (Lipinski definition) is 0. The molecular formula is C52H52. The quantitative estimate of drug-likeness (QED) is 0.129. The summed E-state index contributed by atoms with van der Waals surface area (Å²) in [6.07, 6.45) is 18.4. The number of rotatable bonds is 4. The molecule has 6 aromatic carbocycles. The second kappa shape index (κ2) is 15.9. The van der Waals surface area contributed by atoms with Crippen LogP contribution in [0.15, 0.2) is 145 Å². The van der Waals surface area contributed by atoms with Crippen LogP contribution in [-0.2, 0) is 11.8 Å². The molecule has 0 heterocycles. The molecule has 0 N–H and O–H groups in total. The van der Waals surface area contributed by atoms with Crippen molar-refractivity contribution >= 4 is 27.6 Å². The van der Waals surface area contributed by atoms with Crippen molar-refractivity contribution in [3.8, 4) is 23.5 Å². The van der Waals surface area contributed by atoms with Crippen molar-refractivity contribution in [3.05, 3.63) is 184 Å². The van der Waals surface area contributed by atoms with E-state index in [-0.39, 0.29) is 5.41 Å². The summed E-state index contributed by atoms with van der Waals surface area (Å²) in [4.78, 5) is 0. The molecule has 0 nitrogen and oxygen atoms in total. The van der Waals surface area contributed by atoms with Gasteiger partial charge in [0.25, 0.3) is 0 Å². The Balaban J connectivity index is 0.000000134. The Morgan fingerprint density at radius 3 is 2.10 bits per heavy atom. The van der Waals surface area contributed by atoms with Crippen LogP contribution in [0, 0.1) is 39.0 Å². The summed E-state index contributed by atoms with van der Waals surface area (Å²) in [5.74, 6) is 3.73. The average molecular weight is 677 g/mol. The highest BCUT2D eigenvalue weighted by atomic mass is 14.5. The zero-order chi connectivity index (χ0) is 36.8. The van der Waals surface area contributed by atoms with Crippen molar-refractivity contribution in [1.82, 2.24) is 0 Å². The Labute approximate surface area is 312 Å². The van der Waals surface area contributed by atoms with Crippen molar-refractivity contribution < 1.29 is 0 Å². The van der Waals surface area contributed by atoms with Crippen LogP contribution in [0.25, 0.3) is 38.7 Å². The highest BCUT2D eigenvalue weighted by Crippen LogP contribution is 2.53. The Bertz CT molecular complexity index is 2330. The molecule has 2 atom stereocenters. The molecule has 2 unspecified atom stereocenters. The highest BCUT2D eigenvalue weighted by molar-refractivity contribution is 6.08. The third kappa shape index (κ3) is 7.76. The number of aryl methyl sites for hydroxylation is 4. The Morgan fingerprint density at radius 2 is 1.38 bits per heavy atom. The van der Waals surface area contributed by atoms with Gasteiger partial charge < -0.3 is 0 Å². The van der Waals surface area contributed by atoms with Gasteiger partial charge in [0.2, 0.25) is 0 Å². The second-order valence-electron chi connectivity index (χ2n) is 15.1. The first-order valence-electron chi connectivity index (χ1n) is 18.8. The summed E-state index contributed by atoms with van der Waals surface area (Å²) in [7, 11) is 0. The van der Waals surface area contributed by atoms with Crippen molar-refractivity contribution in [2.45, 2.75) is 72.6 Å². The summed E-state index contributed by atoms with van der Waals surface area (Å²) in [6, 6.07) is 41.7. The SMILES string of the molecule is C#C/C=C\c1ccc(-c2ccc(C)cc2)cc1C.CC1=CC2C(C=C1)c1ccc(C)cc1C2(C)C.CCCc1cc2ccccc2c2ccccc12. The Kier molecular flexibility index (Phi) is 11.1. The van der Waals surface area contributed by atoms with Crippen molar-refractivity contribution in [2.75, 3.05) is 0 Å². The van der Waals surface area contributed by atoms with Crippen molar-refractivity contribution in [2.24, 2.45) is 5.92 Å². The van der Waals surface area contributed by atoms with Gasteiger partial charge in [-0.15, -0.1) is 6.42 Å². The molecule has 0 aliphatic heterocycles. The predicted octanol–water partition coefficient (Wildman–Crippen LogP) is 14.1. The summed E-state index contributed by atoms with van der Waals surface area (Å²) in [5, 5.41) is 5.51. The van der Waals surface area contributed by atoms with Crippen molar-refractivity contribution in [1.29, 1.82) is 0 Å². The molecule has 0 bridgehead atoms. The van der Waals surface area contributed by atoms with Crippen LogP contribution in [0.4, 0.5) is 0 Å². The standard InChI is InChI=1S/C18H16.C17H20.C17H16/c1-4-5-6-16-11-12-18(13-15(16)3)17-9-7-14(2)8-10-17;1-11-5-7-13-14-8-6-12(2)10-16(14)17(3,4)15(13)9-11;1-2-7-13-12-14-8-3-4-9-16(14)17-11-6-5-10-15(13)17/h1,5-13H,2-3H3;5-10,13,15H,1-4H3;3-6,8-12H,2,7H2,1H3/b6-5-;;. The van der Waals surface area contributed by atoms with Crippen LogP contribution in [-0.4, -0.2) is 0 Å². The lowest BCUT2D eigenvalue weighted by molar-refractivity contribution is 0.392. The molecule has 6 aromatic rings. The molecule has 2 aliphatic rings. The number of allylic oxidation sites excluding steroid dienone is 5. The number of hydrogen-bond donors (Lipinski definition) is 0. The largest absolute Gasteiger partial charge is 0.115 e. The number of fused-ring (bicyclic) bond motifs is 6. The lowest BCUT2D eigenvalue weighted by atomic mass is 9.73. The molecule has 0 saturated heterocycles. The molecule has 260 valence electrons. The summed E-state index contributed by atoms with van der Waals surface area (Å²) < 4.78 is 0. The molecule has 52 heavy (non-hydrogen) atoms. The fraction of sp³-hybridized carbons (Fsp3) is 0.231. The van der Waals surface area contributed by atoms with Gasteiger partial charge in [-0.3, -0.25) is 0 Å². The average Bonchev–Trinajstić information content (AvgIpc) is 3.36. The molecule has 0 spiro atoms. The molecule has 0 saturated carbocycles. The van der Waals surface area contributed by atoms with E-state index < -0.39 is 0 Å². The van der Waals surface area contributed by atoms with E-state index in [0.717, 1.165) is 6.42 Å². The van der Waals surface area contributed by atoms with E-state index in [2.05, 4.69) is 188 Å². The zero-order valence-electron chi connectivity index (χ0n) is 32.0. The first-order valence-corrected chi connectivity index (χ1v) is 18.8. The minimum absolute atomic E-state index is 0.262. The number of terminal acetylenes is 1. The first kappa shape index (κ1) is 36.4. The molecule has 0 radical (unpaired) electrons. The van der Waals surface area contributed by atoms with Crippen LogP contribution in [0.2, 0.25) is 0 Å². The number of benzene rings is 6. The van der Waals surface area contributed by atoms with Crippen LogP contribution in [0.5, 0.6) is 0 Å². The minimum atomic E-state index is 0.262. The Hall–Kier alpha value is -5.38. The smallest absolute Gasteiger partial charge is 0.00955 e. The molecule has 0 heteroatoms. The summed E-state index contributed by atoms with van der Waals surface area (Å²) in [5.41, 5.74) is 13.8. The molecule has 2 aliphatic carbocycles. The zero-order valence-corrected chi connectivity index (χ0v) is 32.0. The van der Waals surface area contributed by atoms with Gasteiger partial charge in [0.05, 0.1) is 0 Å². The van der Waals surface area contributed by atoms with Gasteiger partial charge in [0.15, 0.2) is 0 Å². The maximum atomic E-state index is 5.22. The van der Waals surface area contributed by atoms with Gasteiger partial charge in [-0.25, -0.2) is 0 Å².